The van der Waals surface area contributed by atoms with E-state index in [0.29, 0.717) is 25.4 Å². The summed E-state index contributed by atoms with van der Waals surface area (Å²) in [6, 6.07) is 15.3. The summed E-state index contributed by atoms with van der Waals surface area (Å²) in [6.45, 7) is 5.77. The second-order valence-electron chi connectivity index (χ2n) is 8.19. The van der Waals surface area contributed by atoms with Crippen LogP contribution in [0.3, 0.4) is 0 Å². The Bertz CT molecular complexity index is 757. The quantitative estimate of drug-likeness (QED) is 0.190. The lowest BCUT2D eigenvalue weighted by molar-refractivity contribution is 0.0497. The van der Waals surface area contributed by atoms with E-state index in [9.17, 15) is 4.79 Å². The number of hydrogen-bond acceptors (Lipinski definition) is 4. The van der Waals surface area contributed by atoms with Gasteiger partial charge in [-0.1, -0.05) is 83.4 Å². The first kappa shape index (κ1) is 25.8. The summed E-state index contributed by atoms with van der Waals surface area (Å²) < 4.78 is 17.1. The molecule has 2 rings (SSSR count). The fourth-order valence-corrected chi connectivity index (χ4v) is 3.62. The third kappa shape index (κ3) is 10.2. The molecule has 0 unspecified atom stereocenters. The molecule has 4 nitrogen and oxygen atoms in total. The molecule has 0 heterocycles. The van der Waals surface area contributed by atoms with Crippen LogP contribution in [0.5, 0.6) is 11.5 Å². The highest BCUT2D eigenvalue weighted by atomic mass is 16.5. The molecule has 0 bridgehead atoms. The molecule has 4 heteroatoms. The average Bonchev–Trinajstić information content (AvgIpc) is 2.82. The van der Waals surface area contributed by atoms with Crippen LogP contribution in [0.15, 0.2) is 48.5 Å². The van der Waals surface area contributed by atoms with Gasteiger partial charge in [-0.2, -0.15) is 0 Å². The Kier molecular flexibility index (Phi) is 13.0. The van der Waals surface area contributed by atoms with Crippen molar-refractivity contribution in [3.05, 3.63) is 59.7 Å². The molecule has 0 radical (unpaired) electrons. The average molecular weight is 441 g/mol. The molecule has 2 aromatic carbocycles. The van der Waals surface area contributed by atoms with E-state index in [1.165, 1.54) is 38.5 Å². The normalized spacial score (nSPS) is 10.7. The second kappa shape index (κ2) is 16.2. The van der Waals surface area contributed by atoms with Crippen molar-refractivity contribution >= 4 is 5.97 Å². The Morgan fingerprint density at radius 2 is 1.41 bits per heavy atom. The fraction of sp³-hybridized carbons (Fsp3) is 0.536. The van der Waals surface area contributed by atoms with Gasteiger partial charge in [0, 0.05) is 0 Å². The molecule has 2 aromatic rings. The van der Waals surface area contributed by atoms with E-state index in [1.54, 1.807) is 6.07 Å². The summed E-state index contributed by atoms with van der Waals surface area (Å²) in [6.07, 6.45) is 11.7. The van der Waals surface area contributed by atoms with Gasteiger partial charge in [0.1, 0.15) is 24.7 Å². The van der Waals surface area contributed by atoms with Gasteiger partial charge in [0.05, 0.1) is 12.2 Å². The Hall–Kier alpha value is -2.49. The van der Waals surface area contributed by atoms with Gasteiger partial charge in [-0.05, 0) is 48.7 Å². The molecule has 32 heavy (non-hydrogen) atoms. The zero-order chi connectivity index (χ0) is 22.9. The molecule has 0 aliphatic carbocycles. The lowest BCUT2D eigenvalue weighted by Gasteiger charge is -2.13. The number of para-hydroxylation sites is 1. The van der Waals surface area contributed by atoms with E-state index in [0.717, 1.165) is 42.7 Å². The summed E-state index contributed by atoms with van der Waals surface area (Å²) in [5.41, 5.74) is 1.63. The second-order valence-corrected chi connectivity index (χ2v) is 8.19. The van der Waals surface area contributed by atoms with Gasteiger partial charge in [0.15, 0.2) is 0 Å². The van der Waals surface area contributed by atoms with E-state index in [4.69, 9.17) is 14.2 Å². The number of esters is 1. The summed E-state index contributed by atoms with van der Waals surface area (Å²) in [5, 5.41) is 0. The third-order valence-corrected chi connectivity index (χ3v) is 5.40. The predicted octanol–water partition coefficient (Wildman–Crippen LogP) is 7.39. The first-order chi connectivity index (χ1) is 15.7. The number of benzene rings is 2. The van der Waals surface area contributed by atoms with E-state index in [-0.39, 0.29) is 5.97 Å². The van der Waals surface area contributed by atoms with Gasteiger partial charge >= 0.3 is 5.97 Å². The van der Waals surface area contributed by atoms with Crippen molar-refractivity contribution in [2.75, 3.05) is 19.8 Å². The van der Waals surface area contributed by atoms with Crippen LogP contribution in [0.25, 0.3) is 0 Å². The molecule has 0 atom stereocenters. The van der Waals surface area contributed by atoms with Crippen LogP contribution < -0.4 is 9.47 Å². The van der Waals surface area contributed by atoms with Crippen LogP contribution in [0, 0.1) is 0 Å². The monoisotopic (exact) mass is 440 g/mol. The maximum atomic E-state index is 12.5. The Labute approximate surface area is 194 Å². The molecule has 0 fully saturated rings. The molecule has 0 aliphatic heterocycles. The first-order valence-electron chi connectivity index (χ1n) is 12.3. The SMILES string of the molecule is CCCCCCCCCCOC(=O)c1ccc(OCCOc2ccccc2)c(CCC)c1. The number of rotatable bonds is 17. The van der Waals surface area contributed by atoms with Gasteiger partial charge in [-0.25, -0.2) is 4.79 Å². The number of ether oxygens (including phenoxy) is 3. The van der Waals surface area contributed by atoms with Crippen molar-refractivity contribution in [3.8, 4) is 11.5 Å². The summed E-state index contributed by atoms with van der Waals surface area (Å²) in [4.78, 5) is 12.5. The molecular weight excluding hydrogens is 400 g/mol. The fourth-order valence-electron chi connectivity index (χ4n) is 3.62. The molecular formula is C28H40O4. The maximum absolute atomic E-state index is 12.5. The number of unbranched alkanes of at least 4 members (excludes halogenated alkanes) is 7. The van der Waals surface area contributed by atoms with Crippen LogP contribution in [0.1, 0.15) is 87.6 Å². The lowest BCUT2D eigenvalue weighted by atomic mass is 10.1. The zero-order valence-electron chi connectivity index (χ0n) is 19.9. The van der Waals surface area contributed by atoms with Crippen molar-refractivity contribution in [2.24, 2.45) is 0 Å². The molecule has 0 N–H and O–H groups in total. The summed E-state index contributed by atoms with van der Waals surface area (Å²) in [7, 11) is 0. The molecule has 0 spiro atoms. The zero-order valence-corrected chi connectivity index (χ0v) is 19.9. The smallest absolute Gasteiger partial charge is 0.338 e. The van der Waals surface area contributed by atoms with Crippen LogP contribution >= 0.6 is 0 Å². The molecule has 176 valence electrons. The number of aryl methyl sites for hydroxylation is 1. The minimum absolute atomic E-state index is 0.246. The minimum atomic E-state index is -0.246. The number of hydrogen-bond donors (Lipinski definition) is 0. The molecule has 0 amide bonds. The van der Waals surface area contributed by atoms with Gasteiger partial charge in [0.2, 0.25) is 0 Å². The van der Waals surface area contributed by atoms with Gasteiger partial charge in [-0.3, -0.25) is 0 Å². The van der Waals surface area contributed by atoms with Crippen LogP contribution in [-0.2, 0) is 11.2 Å². The Morgan fingerprint density at radius 1 is 0.719 bits per heavy atom. The minimum Gasteiger partial charge on any atom is -0.490 e. The van der Waals surface area contributed by atoms with Crippen LogP contribution in [-0.4, -0.2) is 25.8 Å². The highest BCUT2D eigenvalue weighted by Gasteiger charge is 2.12. The van der Waals surface area contributed by atoms with Crippen LogP contribution in [0.4, 0.5) is 0 Å². The van der Waals surface area contributed by atoms with Crippen molar-refractivity contribution in [3.63, 3.8) is 0 Å². The topological polar surface area (TPSA) is 44.8 Å². The van der Waals surface area contributed by atoms with E-state index in [2.05, 4.69) is 13.8 Å². The molecule has 0 saturated carbocycles. The standard InChI is InChI=1S/C28H40O4/c1-3-5-6-7-8-9-10-14-20-32-28(29)25-18-19-27(24(23-25)15-4-2)31-22-21-30-26-16-12-11-13-17-26/h11-13,16-19,23H,3-10,14-15,20-22H2,1-2H3. The van der Waals surface area contributed by atoms with Gasteiger partial charge < -0.3 is 14.2 Å². The molecule has 0 saturated heterocycles. The van der Waals surface area contributed by atoms with Crippen molar-refractivity contribution in [1.29, 1.82) is 0 Å². The van der Waals surface area contributed by atoms with E-state index in [1.807, 2.05) is 42.5 Å². The maximum Gasteiger partial charge on any atom is 0.338 e. The Morgan fingerprint density at radius 3 is 2.12 bits per heavy atom. The largest absolute Gasteiger partial charge is 0.490 e. The van der Waals surface area contributed by atoms with Crippen LogP contribution in [0.2, 0.25) is 0 Å². The number of carbonyl (C=O) groups excluding carboxylic acids is 1. The van der Waals surface area contributed by atoms with Crippen molar-refractivity contribution in [2.45, 2.75) is 78.1 Å². The van der Waals surface area contributed by atoms with Crippen molar-refractivity contribution < 1.29 is 19.0 Å². The molecule has 0 aromatic heterocycles. The number of carbonyl (C=O) groups is 1. The highest BCUT2D eigenvalue weighted by molar-refractivity contribution is 5.89. The summed E-state index contributed by atoms with van der Waals surface area (Å²) >= 11 is 0. The van der Waals surface area contributed by atoms with Crippen molar-refractivity contribution in [1.82, 2.24) is 0 Å². The third-order valence-electron chi connectivity index (χ3n) is 5.40. The van der Waals surface area contributed by atoms with E-state index < -0.39 is 0 Å². The predicted molar refractivity (Wildman–Crippen MR) is 131 cm³/mol. The summed E-state index contributed by atoms with van der Waals surface area (Å²) in [5.74, 6) is 1.40. The Balaban J connectivity index is 1.72. The van der Waals surface area contributed by atoms with Gasteiger partial charge in [-0.15, -0.1) is 0 Å². The van der Waals surface area contributed by atoms with E-state index >= 15 is 0 Å². The molecule has 0 aliphatic rings. The lowest BCUT2D eigenvalue weighted by Crippen LogP contribution is -2.11. The first-order valence-corrected chi connectivity index (χ1v) is 12.3. The highest BCUT2D eigenvalue weighted by Crippen LogP contribution is 2.23. The van der Waals surface area contributed by atoms with Gasteiger partial charge in [0.25, 0.3) is 0 Å².